The van der Waals surface area contributed by atoms with Gasteiger partial charge in [-0.25, -0.2) is 0 Å². The number of rotatable bonds is 7. The first-order valence-electron chi connectivity index (χ1n) is 8.31. The number of thiophene rings is 1. The number of nitrogens with zero attached hydrogens (tertiary/aromatic N) is 3. The number of amides is 1. The minimum Gasteiger partial charge on any atom is -0.361 e. The first kappa shape index (κ1) is 17.4. The molecule has 0 spiro atoms. The summed E-state index contributed by atoms with van der Waals surface area (Å²) in [7, 11) is 0. The zero-order chi connectivity index (χ0) is 17.8. The van der Waals surface area contributed by atoms with Gasteiger partial charge in [0.2, 0.25) is 5.91 Å². The van der Waals surface area contributed by atoms with Gasteiger partial charge >= 0.3 is 0 Å². The third-order valence-corrected chi connectivity index (χ3v) is 5.08. The standard InChI is InChI=1S/C18H22N4O2S/c1-12-11-16(17-5-4-10-25-17)20-22(12)9-8-19-18(23)7-6-15-13(2)21-24-14(15)3/h4-5,10-11H,6-9H2,1-3H3,(H,19,23). The highest BCUT2D eigenvalue weighted by Crippen LogP contribution is 2.23. The molecule has 132 valence electrons. The van der Waals surface area contributed by atoms with E-state index in [1.807, 2.05) is 36.9 Å². The molecule has 0 aliphatic rings. The predicted molar refractivity (Wildman–Crippen MR) is 97.6 cm³/mol. The van der Waals surface area contributed by atoms with Gasteiger partial charge in [-0.15, -0.1) is 11.3 Å². The third-order valence-electron chi connectivity index (χ3n) is 4.18. The second kappa shape index (κ2) is 7.65. The van der Waals surface area contributed by atoms with Crippen molar-refractivity contribution < 1.29 is 9.32 Å². The Balaban J connectivity index is 1.47. The average Bonchev–Trinajstić information content (AvgIpc) is 3.29. The summed E-state index contributed by atoms with van der Waals surface area (Å²) in [4.78, 5) is 13.2. The van der Waals surface area contributed by atoms with Crippen molar-refractivity contribution in [2.45, 2.75) is 40.2 Å². The number of hydrogen-bond donors (Lipinski definition) is 1. The van der Waals surface area contributed by atoms with Gasteiger partial charge in [-0.2, -0.15) is 5.10 Å². The highest BCUT2D eigenvalue weighted by atomic mass is 32.1. The molecule has 0 saturated carbocycles. The molecular weight excluding hydrogens is 336 g/mol. The Morgan fingerprint density at radius 1 is 1.36 bits per heavy atom. The maximum atomic E-state index is 12.0. The Morgan fingerprint density at radius 3 is 2.88 bits per heavy atom. The fraction of sp³-hybridized carbons (Fsp3) is 0.389. The van der Waals surface area contributed by atoms with Crippen LogP contribution >= 0.6 is 11.3 Å². The molecule has 0 aliphatic carbocycles. The summed E-state index contributed by atoms with van der Waals surface area (Å²) in [6.07, 6.45) is 1.08. The molecule has 3 aromatic rings. The van der Waals surface area contributed by atoms with Crippen molar-refractivity contribution >= 4 is 17.2 Å². The Morgan fingerprint density at radius 2 is 2.20 bits per heavy atom. The van der Waals surface area contributed by atoms with Crippen LogP contribution < -0.4 is 5.32 Å². The van der Waals surface area contributed by atoms with Crippen LogP contribution in [-0.4, -0.2) is 27.4 Å². The summed E-state index contributed by atoms with van der Waals surface area (Å²) in [5.41, 5.74) is 3.96. The monoisotopic (exact) mass is 358 g/mol. The predicted octanol–water partition coefficient (Wildman–Crippen LogP) is 3.27. The molecule has 1 N–H and O–H groups in total. The number of aryl methyl sites for hydroxylation is 3. The normalized spacial score (nSPS) is 11.0. The van der Waals surface area contributed by atoms with Crippen LogP contribution in [0.15, 0.2) is 28.1 Å². The summed E-state index contributed by atoms with van der Waals surface area (Å²) < 4.78 is 7.05. The number of hydrogen-bond acceptors (Lipinski definition) is 5. The quantitative estimate of drug-likeness (QED) is 0.703. The third kappa shape index (κ3) is 4.17. The van der Waals surface area contributed by atoms with E-state index in [1.165, 1.54) is 0 Å². The topological polar surface area (TPSA) is 73.0 Å². The second-order valence-electron chi connectivity index (χ2n) is 6.02. The van der Waals surface area contributed by atoms with Crippen LogP contribution in [0.4, 0.5) is 0 Å². The lowest BCUT2D eigenvalue weighted by atomic mass is 10.1. The van der Waals surface area contributed by atoms with E-state index in [2.05, 4.69) is 27.7 Å². The molecule has 1 amide bonds. The molecule has 0 radical (unpaired) electrons. The summed E-state index contributed by atoms with van der Waals surface area (Å²) in [6, 6.07) is 6.16. The summed E-state index contributed by atoms with van der Waals surface area (Å²) in [6.45, 7) is 7.03. The molecule has 0 bridgehead atoms. The molecule has 3 aromatic heterocycles. The minimum atomic E-state index is 0.0308. The Bertz CT molecular complexity index is 829. The maximum absolute atomic E-state index is 12.0. The van der Waals surface area contributed by atoms with Crippen molar-refractivity contribution in [1.29, 1.82) is 0 Å². The lowest BCUT2D eigenvalue weighted by Gasteiger charge is -2.07. The SMILES string of the molecule is Cc1noc(C)c1CCC(=O)NCCn1nc(-c2cccs2)cc1C. The highest BCUT2D eigenvalue weighted by Gasteiger charge is 2.11. The van der Waals surface area contributed by atoms with Gasteiger partial charge in [0.05, 0.1) is 17.1 Å². The summed E-state index contributed by atoms with van der Waals surface area (Å²) >= 11 is 1.68. The fourth-order valence-corrected chi connectivity index (χ4v) is 3.45. The van der Waals surface area contributed by atoms with E-state index < -0.39 is 0 Å². The first-order valence-corrected chi connectivity index (χ1v) is 9.19. The second-order valence-corrected chi connectivity index (χ2v) is 6.97. The van der Waals surface area contributed by atoms with Crippen LogP contribution in [0.3, 0.4) is 0 Å². The van der Waals surface area contributed by atoms with Crippen LogP contribution in [0, 0.1) is 20.8 Å². The molecule has 3 rings (SSSR count). The van der Waals surface area contributed by atoms with Gasteiger partial charge in [-0.05, 0) is 44.7 Å². The Kier molecular flexibility index (Phi) is 5.33. The van der Waals surface area contributed by atoms with E-state index in [9.17, 15) is 4.79 Å². The first-order chi connectivity index (χ1) is 12.0. The van der Waals surface area contributed by atoms with Crippen molar-refractivity contribution in [3.63, 3.8) is 0 Å². The minimum absolute atomic E-state index is 0.0308. The van der Waals surface area contributed by atoms with Crippen LogP contribution in [0.5, 0.6) is 0 Å². The van der Waals surface area contributed by atoms with Gasteiger partial charge < -0.3 is 9.84 Å². The average molecular weight is 358 g/mol. The van der Waals surface area contributed by atoms with E-state index in [-0.39, 0.29) is 5.91 Å². The van der Waals surface area contributed by atoms with Gasteiger partial charge in [0, 0.05) is 24.2 Å². The molecule has 0 saturated heterocycles. The molecule has 7 heteroatoms. The Labute approximate surface area is 150 Å². The largest absolute Gasteiger partial charge is 0.361 e. The van der Waals surface area contributed by atoms with Crippen LogP contribution in [0.25, 0.3) is 10.6 Å². The number of carbonyl (C=O) groups excluding carboxylic acids is 1. The van der Waals surface area contributed by atoms with Gasteiger partial charge in [0.1, 0.15) is 11.5 Å². The molecule has 25 heavy (non-hydrogen) atoms. The lowest BCUT2D eigenvalue weighted by molar-refractivity contribution is -0.121. The van der Waals surface area contributed by atoms with Gasteiger partial charge in [-0.1, -0.05) is 11.2 Å². The van der Waals surface area contributed by atoms with Gasteiger partial charge in [0.25, 0.3) is 0 Å². The maximum Gasteiger partial charge on any atom is 0.220 e. The van der Waals surface area contributed by atoms with Crippen LogP contribution in [-0.2, 0) is 17.8 Å². The van der Waals surface area contributed by atoms with Crippen molar-refractivity contribution in [3.05, 3.63) is 46.3 Å². The number of carbonyl (C=O) groups is 1. The smallest absolute Gasteiger partial charge is 0.220 e. The molecule has 0 aromatic carbocycles. The molecule has 0 aliphatic heterocycles. The lowest BCUT2D eigenvalue weighted by Crippen LogP contribution is -2.28. The van der Waals surface area contributed by atoms with Crippen molar-refractivity contribution in [3.8, 4) is 10.6 Å². The van der Waals surface area contributed by atoms with Crippen molar-refractivity contribution in [2.75, 3.05) is 6.54 Å². The highest BCUT2D eigenvalue weighted by molar-refractivity contribution is 7.13. The van der Waals surface area contributed by atoms with Gasteiger partial charge in [-0.3, -0.25) is 9.48 Å². The summed E-state index contributed by atoms with van der Waals surface area (Å²) in [5, 5.41) is 13.5. The Hall–Kier alpha value is -2.41. The molecular formula is C18H22N4O2S. The van der Waals surface area contributed by atoms with E-state index in [0.29, 0.717) is 25.9 Å². The molecule has 0 fully saturated rings. The molecule has 3 heterocycles. The number of aromatic nitrogens is 3. The van der Waals surface area contributed by atoms with Crippen molar-refractivity contribution in [1.82, 2.24) is 20.3 Å². The van der Waals surface area contributed by atoms with E-state index in [4.69, 9.17) is 4.52 Å². The number of nitrogens with one attached hydrogen (secondary N) is 1. The zero-order valence-electron chi connectivity index (χ0n) is 14.7. The molecule has 0 atom stereocenters. The van der Waals surface area contributed by atoms with Crippen LogP contribution in [0.1, 0.15) is 29.1 Å². The molecule has 0 unspecified atom stereocenters. The van der Waals surface area contributed by atoms with Gasteiger partial charge in [0.15, 0.2) is 0 Å². The van der Waals surface area contributed by atoms with Crippen molar-refractivity contribution in [2.24, 2.45) is 0 Å². The zero-order valence-corrected chi connectivity index (χ0v) is 15.5. The van der Waals surface area contributed by atoms with E-state index in [1.54, 1.807) is 11.3 Å². The molecule has 6 nitrogen and oxygen atoms in total. The van der Waals surface area contributed by atoms with E-state index >= 15 is 0 Å². The fourth-order valence-electron chi connectivity index (χ4n) is 2.77. The summed E-state index contributed by atoms with van der Waals surface area (Å²) in [5.74, 6) is 0.821. The van der Waals surface area contributed by atoms with Crippen LogP contribution in [0.2, 0.25) is 0 Å². The van der Waals surface area contributed by atoms with E-state index in [0.717, 1.165) is 33.3 Å².